The number of benzene rings is 2. The highest BCUT2D eigenvalue weighted by Gasteiger charge is 2.15. The van der Waals surface area contributed by atoms with Gasteiger partial charge in [0.15, 0.2) is 11.5 Å². The first-order valence-corrected chi connectivity index (χ1v) is 9.66. The molecule has 0 fully saturated rings. The number of H-pyrrole nitrogens is 1. The Morgan fingerprint density at radius 2 is 1.72 bits per heavy atom. The molecule has 3 rings (SSSR count). The van der Waals surface area contributed by atoms with Crippen LogP contribution < -0.4 is 20.1 Å². The number of amides is 2. The maximum Gasteiger partial charge on any atom is 0.313 e. The van der Waals surface area contributed by atoms with Gasteiger partial charge in [0, 0.05) is 35.4 Å². The fraction of sp³-hybridized carbons (Fsp3) is 0.273. The van der Waals surface area contributed by atoms with Crippen LogP contribution in [0.4, 0.5) is 5.69 Å². The number of aromatic nitrogens is 1. The first-order chi connectivity index (χ1) is 14.1. The Labute approximate surface area is 169 Å². The molecule has 0 aliphatic rings. The van der Waals surface area contributed by atoms with E-state index in [0.29, 0.717) is 43.4 Å². The Hall–Kier alpha value is -3.48. The van der Waals surface area contributed by atoms with E-state index in [4.69, 9.17) is 9.47 Å². The molecule has 0 atom stereocenters. The quantitative estimate of drug-likeness (QED) is 0.511. The lowest BCUT2D eigenvalue weighted by molar-refractivity contribution is -0.136. The smallest absolute Gasteiger partial charge is 0.313 e. The van der Waals surface area contributed by atoms with E-state index in [1.54, 1.807) is 18.2 Å². The molecule has 0 aliphatic carbocycles. The van der Waals surface area contributed by atoms with Gasteiger partial charge in [0.2, 0.25) is 0 Å². The second-order valence-electron chi connectivity index (χ2n) is 6.35. The van der Waals surface area contributed by atoms with Crippen molar-refractivity contribution in [3.63, 3.8) is 0 Å². The molecule has 0 aliphatic heterocycles. The van der Waals surface area contributed by atoms with Crippen molar-refractivity contribution in [3.05, 3.63) is 54.2 Å². The molecule has 3 N–H and O–H groups in total. The van der Waals surface area contributed by atoms with Crippen molar-refractivity contribution in [2.24, 2.45) is 0 Å². The summed E-state index contributed by atoms with van der Waals surface area (Å²) in [7, 11) is 0. The Kier molecular flexibility index (Phi) is 6.73. The van der Waals surface area contributed by atoms with Crippen molar-refractivity contribution in [2.45, 2.75) is 20.3 Å². The second-order valence-corrected chi connectivity index (χ2v) is 6.35. The topological polar surface area (TPSA) is 92.5 Å². The maximum atomic E-state index is 12.2. The van der Waals surface area contributed by atoms with Crippen molar-refractivity contribution in [3.8, 4) is 11.5 Å². The van der Waals surface area contributed by atoms with Gasteiger partial charge in [-0.15, -0.1) is 0 Å². The Bertz CT molecular complexity index is 997. The van der Waals surface area contributed by atoms with Crippen LogP contribution >= 0.6 is 0 Å². The average molecular weight is 395 g/mol. The van der Waals surface area contributed by atoms with Crippen molar-refractivity contribution in [1.82, 2.24) is 10.3 Å². The summed E-state index contributed by atoms with van der Waals surface area (Å²) in [6.07, 6.45) is 2.55. The minimum absolute atomic E-state index is 0.363. The molecule has 1 heterocycles. The number of para-hydroxylation sites is 1. The first-order valence-electron chi connectivity index (χ1n) is 9.66. The summed E-state index contributed by atoms with van der Waals surface area (Å²) in [5, 5.41) is 6.36. The van der Waals surface area contributed by atoms with E-state index >= 15 is 0 Å². The van der Waals surface area contributed by atoms with E-state index in [0.717, 1.165) is 16.5 Å². The monoisotopic (exact) mass is 395 g/mol. The third kappa shape index (κ3) is 5.07. The summed E-state index contributed by atoms with van der Waals surface area (Å²) < 4.78 is 11.0. The highest BCUT2D eigenvalue weighted by molar-refractivity contribution is 6.39. The van der Waals surface area contributed by atoms with Gasteiger partial charge in [-0.3, -0.25) is 9.59 Å². The molecule has 0 saturated carbocycles. The zero-order valence-electron chi connectivity index (χ0n) is 16.6. The fourth-order valence-corrected chi connectivity index (χ4v) is 3.05. The molecule has 0 radical (unpaired) electrons. The van der Waals surface area contributed by atoms with E-state index in [2.05, 4.69) is 15.6 Å². The third-order valence-corrected chi connectivity index (χ3v) is 4.36. The summed E-state index contributed by atoms with van der Waals surface area (Å²) >= 11 is 0. The van der Waals surface area contributed by atoms with Crippen LogP contribution in [0.2, 0.25) is 0 Å². The van der Waals surface area contributed by atoms with Gasteiger partial charge >= 0.3 is 11.8 Å². The standard InChI is InChI=1S/C22H25N3O4/c1-3-28-19-10-9-16(13-20(19)29-4-2)25-22(27)21(26)23-12-11-15-14-24-18-8-6-5-7-17(15)18/h5-10,13-14,24H,3-4,11-12H2,1-2H3,(H,23,26)(H,25,27). The van der Waals surface area contributed by atoms with Gasteiger partial charge in [0.05, 0.1) is 13.2 Å². The van der Waals surface area contributed by atoms with Crippen molar-refractivity contribution < 1.29 is 19.1 Å². The summed E-state index contributed by atoms with van der Waals surface area (Å²) in [5.74, 6) is -0.297. The Morgan fingerprint density at radius 1 is 0.966 bits per heavy atom. The van der Waals surface area contributed by atoms with Gasteiger partial charge in [-0.2, -0.15) is 0 Å². The lowest BCUT2D eigenvalue weighted by Crippen LogP contribution is -2.36. The summed E-state index contributed by atoms with van der Waals surface area (Å²) in [6.45, 7) is 5.08. The van der Waals surface area contributed by atoms with Crippen LogP contribution in [0.5, 0.6) is 11.5 Å². The molecular weight excluding hydrogens is 370 g/mol. The van der Waals surface area contributed by atoms with Gasteiger partial charge in [0.1, 0.15) is 0 Å². The Morgan fingerprint density at radius 3 is 2.52 bits per heavy atom. The molecule has 0 unspecified atom stereocenters. The van der Waals surface area contributed by atoms with Crippen LogP contribution in [-0.4, -0.2) is 36.6 Å². The van der Waals surface area contributed by atoms with E-state index in [9.17, 15) is 9.59 Å². The highest BCUT2D eigenvalue weighted by Crippen LogP contribution is 2.30. The number of carbonyl (C=O) groups excluding carboxylic acids is 2. The molecule has 7 nitrogen and oxygen atoms in total. The number of carbonyl (C=O) groups is 2. The number of rotatable bonds is 8. The van der Waals surface area contributed by atoms with E-state index in [1.165, 1.54) is 0 Å². The van der Waals surface area contributed by atoms with Gasteiger partial charge in [-0.05, 0) is 44.0 Å². The lowest BCUT2D eigenvalue weighted by atomic mass is 10.1. The SMILES string of the molecule is CCOc1ccc(NC(=O)C(=O)NCCc2c[nH]c3ccccc23)cc1OCC. The van der Waals surface area contributed by atoms with Gasteiger partial charge in [-0.1, -0.05) is 18.2 Å². The first kappa shape index (κ1) is 20.3. The molecule has 29 heavy (non-hydrogen) atoms. The fourth-order valence-electron chi connectivity index (χ4n) is 3.05. The number of anilines is 1. The van der Waals surface area contributed by atoms with E-state index in [1.807, 2.05) is 44.3 Å². The number of hydrogen-bond acceptors (Lipinski definition) is 4. The average Bonchev–Trinajstić information content (AvgIpc) is 3.13. The van der Waals surface area contributed by atoms with Crippen LogP contribution in [0.25, 0.3) is 10.9 Å². The van der Waals surface area contributed by atoms with Gasteiger partial charge in [-0.25, -0.2) is 0 Å². The largest absolute Gasteiger partial charge is 0.490 e. The summed E-state index contributed by atoms with van der Waals surface area (Å²) in [4.78, 5) is 27.5. The molecule has 2 aromatic carbocycles. The third-order valence-electron chi connectivity index (χ3n) is 4.36. The van der Waals surface area contributed by atoms with Crippen LogP contribution in [0.15, 0.2) is 48.7 Å². The number of ether oxygens (including phenoxy) is 2. The molecule has 3 aromatic rings. The number of nitrogens with one attached hydrogen (secondary N) is 3. The maximum absolute atomic E-state index is 12.2. The highest BCUT2D eigenvalue weighted by atomic mass is 16.5. The molecule has 0 bridgehead atoms. The van der Waals surface area contributed by atoms with E-state index < -0.39 is 11.8 Å². The molecular formula is C22H25N3O4. The summed E-state index contributed by atoms with van der Waals surface area (Å²) in [5.41, 5.74) is 2.61. The van der Waals surface area contributed by atoms with Crippen molar-refractivity contribution in [2.75, 3.05) is 25.1 Å². The van der Waals surface area contributed by atoms with Crippen molar-refractivity contribution in [1.29, 1.82) is 0 Å². The van der Waals surface area contributed by atoms with Crippen LogP contribution in [-0.2, 0) is 16.0 Å². The molecule has 152 valence electrons. The van der Waals surface area contributed by atoms with Gasteiger partial charge < -0.3 is 25.1 Å². The molecule has 0 saturated heterocycles. The van der Waals surface area contributed by atoms with Crippen LogP contribution in [0.1, 0.15) is 19.4 Å². The minimum atomic E-state index is -0.726. The zero-order valence-corrected chi connectivity index (χ0v) is 16.6. The normalized spacial score (nSPS) is 10.6. The predicted octanol–water partition coefficient (Wildman–Crippen LogP) is 3.26. The van der Waals surface area contributed by atoms with Crippen LogP contribution in [0.3, 0.4) is 0 Å². The van der Waals surface area contributed by atoms with E-state index in [-0.39, 0.29) is 0 Å². The predicted molar refractivity (Wildman–Crippen MR) is 112 cm³/mol. The number of aromatic amines is 1. The Balaban J connectivity index is 1.55. The number of fused-ring (bicyclic) bond motifs is 1. The van der Waals surface area contributed by atoms with Crippen LogP contribution in [0, 0.1) is 0 Å². The second kappa shape index (κ2) is 9.64. The number of hydrogen-bond donors (Lipinski definition) is 3. The molecule has 1 aromatic heterocycles. The molecule has 2 amide bonds. The zero-order chi connectivity index (χ0) is 20.6. The lowest BCUT2D eigenvalue weighted by Gasteiger charge is -2.13. The molecule has 0 spiro atoms. The van der Waals surface area contributed by atoms with Gasteiger partial charge in [0.25, 0.3) is 0 Å². The molecule has 7 heteroatoms. The summed E-state index contributed by atoms with van der Waals surface area (Å²) in [6, 6.07) is 13.0. The minimum Gasteiger partial charge on any atom is -0.490 e. The van der Waals surface area contributed by atoms with Crippen molar-refractivity contribution >= 4 is 28.4 Å².